The van der Waals surface area contributed by atoms with Crippen molar-refractivity contribution in [2.24, 2.45) is 0 Å². The van der Waals surface area contributed by atoms with Crippen molar-refractivity contribution in [3.63, 3.8) is 0 Å². The summed E-state index contributed by atoms with van der Waals surface area (Å²) < 4.78 is 29.8. The van der Waals surface area contributed by atoms with Crippen LogP contribution < -0.4 is 9.47 Å². The molecule has 0 saturated carbocycles. The lowest BCUT2D eigenvalue weighted by Crippen LogP contribution is -2.41. The molecule has 2 rings (SSSR count). The van der Waals surface area contributed by atoms with Gasteiger partial charge >= 0.3 is 0 Å². The number of pyridine rings is 1. The lowest BCUT2D eigenvalue weighted by atomic mass is 10.0. The van der Waals surface area contributed by atoms with E-state index in [1.54, 1.807) is 13.3 Å². The topological polar surface area (TPSA) is 40.6 Å². The van der Waals surface area contributed by atoms with Gasteiger partial charge in [-0.05, 0) is 53.0 Å². The monoisotopic (exact) mass is 431 g/mol. The second-order valence-corrected chi connectivity index (χ2v) is 13.7. The highest BCUT2D eigenvalue weighted by atomic mass is 28.4. The first-order chi connectivity index (χ1) is 14.1. The molecule has 0 atom stereocenters. The molecule has 2 aromatic rings. The number of benzene rings is 1. The molecule has 0 N–H and O–H groups in total. The van der Waals surface area contributed by atoms with Gasteiger partial charge in [0.2, 0.25) is 0 Å². The minimum atomic E-state index is -1.85. The van der Waals surface area contributed by atoms with Crippen LogP contribution in [0.25, 0.3) is 16.7 Å². The van der Waals surface area contributed by atoms with E-state index in [9.17, 15) is 4.39 Å². The van der Waals surface area contributed by atoms with Crippen molar-refractivity contribution in [2.45, 2.75) is 45.3 Å². The molecular weight excluding hydrogens is 397 g/mol. The predicted molar refractivity (Wildman–Crippen MR) is 124 cm³/mol. The van der Waals surface area contributed by atoms with E-state index in [2.05, 4.69) is 51.5 Å². The van der Waals surface area contributed by atoms with Gasteiger partial charge < -0.3 is 13.9 Å². The third-order valence-electron chi connectivity index (χ3n) is 5.59. The van der Waals surface area contributed by atoms with Crippen LogP contribution in [0.2, 0.25) is 18.1 Å². The van der Waals surface area contributed by atoms with Crippen molar-refractivity contribution in [1.29, 1.82) is 0 Å². The second-order valence-electron chi connectivity index (χ2n) is 8.87. The van der Waals surface area contributed by atoms with Gasteiger partial charge in [0.25, 0.3) is 0 Å². The van der Waals surface area contributed by atoms with Gasteiger partial charge in [0.15, 0.2) is 19.8 Å². The largest absolute Gasteiger partial charge is 0.493 e. The van der Waals surface area contributed by atoms with E-state index in [1.165, 1.54) is 0 Å². The van der Waals surface area contributed by atoms with Gasteiger partial charge in [0.1, 0.15) is 0 Å². The molecule has 4 nitrogen and oxygen atoms in total. The maximum atomic E-state index is 12.4. The van der Waals surface area contributed by atoms with E-state index >= 15 is 0 Å². The summed E-state index contributed by atoms with van der Waals surface area (Å²) in [7, 11) is -0.262. The fourth-order valence-electron chi connectivity index (χ4n) is 2.56. The molecule has 1 aromatic heterocycles. The molecule has 0 fully saturated rings. The minimum absolute atomic E-state index is 0.148. The van der Waals surface area contributed by atoms with Crippen molar-refractivity contribution >= 4 is 13.9 Å². The Balaban J connectivity index is 2.20. The quantitative estimate of drug-likeness (QED) is 0.317. The average molecular weight is 432 g/mol. The first kappa shape index (κ1) is 24.1. The number of halogens is 1. The van der Waals surface area contributed by atoms with E-state index < -0.39 is 15.0 Å². The molecule has 164 valence electrons. The van der Waals surface area contributed by atoms with E-state index in [4.69, 9.17) is 13.9 Å². The van der Waals surface area contributed by atoms with E-state index in [0.29, 0.717) is 31.1 Å². The molecule has 0 spiro atoms. The van der Waals surface area contributed by atoms with Gasteiger partial charge in [-0.25, -0.2) is 0 Å². The Bertz CT molecular complexity index is 862. The van der Waals surface area contributed by atoms with Gasteiger partial charge in [0, 0.05) is 24.4 Å². The molecule has 6 heteroatoms. The molecule has 0 bridgehead atoms. The maximum Gasteiger partial charge on any atom is 0.192 e. The molecule has 0 aliphatic heterocycles. The van der Waals surface area contributed by atoms with Gasteiger partial charge in [-0.2, -0.15) is 0 Å². The van der Waals surface area contributed by atoms with E-state index in [-0.39, 0.29) is 5.04 Å². The van der Waals surface area contributed by atoms with Crippen molar-refractivity contribution in [3.8, 4) is 22.6 Å². The van der Waals surface area contributed by atoms with Gasteiger partial charge in [-0.1, -0.05) is 33.4 Å². The van der Waals surface area contributed by atoms with Crippen LogP contribution in [0, 0.1) is 0 Å². The zero-order valence-electron chi connectivity index (χ0n) is 19.0. The number of hydrogen-bond acceptors (Lipinski definition) is 4. The molecule has 0 saturated heterocycles. The summed E-state index contributed by atoms with van der Waals surface area (Å²) in [5.74, 6) is 1.21. The van der Waals surface area contributed by atoms with E-state index in [1.807, 2.05) is 24.4 Å². The highest BCUT2D eigenvalue weighted by molar-refractivity contribution is 6.74. The first-order valence-electron chi connectivity index (χ1n) is 10.2. The fraction of sp³-hybridized carbons (Fsp3) is 0.458. The van der Waals surface area contributed by atoms with Crippen LogP contribution in [0.4, 0.5) is 4.39 Å². The number of ether oxygens (including phenoxy) is 2. The molecule has 1 heterocycles. The van der Waals surface area contributed by atoms with Crippen LogP contribution in [0.1, 0.15) is 32.8 Å². The lowest BCUT2D eigenvalue weighted by molar-refractivity contribution is 0.274. The molecular formula is C24H34FNO3Si. The summed E-state index contributed by atoms with van der Waals surface area (Å²) in [6, 6.07) is 7.75. The van der Waals surface area contributed by atoms with Crippen LogP contribution in [-0.2, 0) is 4.43 Å². The van der Waals surface area contributed by atoms with Crippen LogP contribution in [0.5, 0.6) is 11.5 Å². The molecule has 0 aliphatic carbocycles. The Labute approximate surface area is 181 Å². The summed E-state index contributed by atoms with van der Waals surface area (Å²) in [5.41, 5.74) is 3.74. The van der Waals surface area contributed by atoms with Gasteiger partial charge in [-0.3, -0.25) is 9.37 Å². The summed E-state index contributed by atoms with van der Waals surface area (Å²) in [5, 5.41) is 0.148. The van der Waals surface area contributed by atoms with Gasteiger partial charge in [0.05, 0.1) is 27.0 Å². The van der Waals surface area contributed by atoms with Crippen molar-refractivity contribution in [3.05, 3.63) is 48.8 Å². The number of methoxy groups -OCH3 is 1. The Hall–Kier alpha value is -2.18. The highest BCUT2D eigenvalue weighted by Gasteiger charge is 2.37. The highest BCUT2D eigenvalue weighted by Crippen LogP contribution is 2.37. The van der Waals surface area contributed by atoms with Crippen LogP contribution in [0.3, 0.4) is 0 Å². The van der Waals surface area contributed by atoms with Crippen molar-refractivity contribution in [1.82, 2.24) is 4.98 Å². The molecule has 1 aromatic carbocycles. The summed E-state index contributed by atoms with van der Waals surface area (Å²) >= 11 is 0. The Morgan fingerprint density at radius 3 is 2.47 bits per heavy atom. The third-order valence-corrected chi connectivity index (χ3v) is 10.1. The van der Waals surface area contributed by atoms with Gasteiger partial charge in [-0.15, -0.1) is 0 Å². The Morgan fingerprint density at radius 1 is 1.10 bits per heavy atom. The molecule has 30 heavy (non-hydrogen) atoms. The molecule has 0 radical (unpaired) electrons. The molecule has 0 amide bonds. The smallest absolute Gasteiger partial charge is 0.192 e. The number of nitrogens with zero attached hydrogens (tertiary/aromatic N) is 1. The summed E-state index contributed by atoms with van der Waals surface area (Å²) in [6.07, 6.45) is 3.96. The second kappa shape index (κ2) is 10.2. The summed E-state index contributed by atoms with van der Waals surface area (Å²) in [4.78, 5) is 4.40. The van der Waals surface area contributed by atoms with Crippen LogP contribution >= 0.6 is 0 Å². The normalized spacial score (nSPS) is 12.0. The van der Waals surface area contributed by atoms with E-state index in [0.717, 1.165) is 22.3 Å². The first-order valence-corrected chi connectivity index (χ1v) is 13.1. The minimum Gasteiger partial charge on any atom is -0.493 e. The SMILES string of the molecule is C=C(CO[Si](C)(C)C(C)(C)C)c1cncc(-c2ccc(OC)c(OCCCF)c2)c1. The van der Waals surface area contributed by atoms with Crippen LogP contribution in [0.15, 0.2) is 43.2 Å². The predicted octanol–water partition coefficient (Wildman–Crippen LogP) is 6.53. The lowest BCUT2D eigenvalue weighted by Gasteiger charge is -2.36. The zero-order chi connectivity index (χ0) is 22.4. The number of hydrogen-bond donors (Lipinski definition) is 0. The molecule has 0 unspecified atom stereocenters. The fourth-order valence-corrected chi connectivity index (χ4v) is 3.53. The number of aromatic nitrogens is 1. The zero-order valence-corrected chi connectivity index (χ0v) is 20.0. The average Bonchev–Trinajstić information content (AvgIpc) is 2.71. The van der Waals surface area contributed by atoms with Crippen molar-refractivity contribution < 1.29 is 18.3 Å². The Kier molecular flexibility index (Phi) is 8.21. The summed E-state index contributed by atoms with van der Waals surface area (Å²) in [6.45, 7) is 15.7. The van der Waals surface area contributed by atoms with Crippen LogP contribution in [-0.4, -0.2) is 40.3 Å². The molecule has 0 aliphatic rings. The third kappa shape index (κ3) is 6.16. The maximum absolute atomic E-state index is 12.4. The number of alkyl halides is 1. The van der Waals surface area contributed by atoms with Crippen molar-refractivity contribution in [2.75, 3.05) is 27.0 Å². The Morgan fingerprint density at radius 2 is 1.83 bits per heavy atom. The standard InChI is InChI=1S/C24H34FNO3Si/c1-18(17-29-30(6,7)24(2,3)4)20-13-21(16-26-15-20)19-9-10-22(27-5)23(14-19)28-12-8-11-25/h9-10,13-16H,1,8,11-12,17H2,2-7H3. The number of rotatable bonds is 10.